The molecule has 7 aromatic carbocycles. The van der Waals surface area contributed by atoms with E-state index in [1.54, 1.807) is 23.5 Å². The van der Waals surface area contributed by atoms with Gasteiger partial charge in [0.1, 0.15) is 17.0 Å². The van der Waals surface area contributed by atoms with Crippen molar-refractivity contribution in [2.75, 3.05) is 0 Å². The summed E-state index contributed by atoms with van der Waals surface area (Å²) in [7, 11) is 0. The molecule has 0 fully saturated rings. The Morgan fingerprint density at radius 3 is 1.96 bits per heavy atom. The van der Waals surface area contributed by atoms with E-state index >= 15 is 0 Å². The second-order valence-electron chi connectivity index (χ2n) is 12.4. The monoisotopic (exact) mass is 647 g/mol. The van der Waals surface area contributed by atoms with Gasteiger partial charge in [-0.15, -0.1) is 11.3 Å². The van der Waals surface area contributed by atoms with E-state index in [2.05, 4.69) is 127 Å². The Bertz CT molecular complexity index is 2870. The molecular weight excluding hydrogens is 622 g/mol. The number of halogens is 1. The number of rotatable bonds is 4. The molecule has 0 radical (unpaired) electrons. The van der Waals surface area contributed by atoms with Crippen molar-refractivity contribution in [3.05, 3.63) is 164 Å². The second-order valence-corrected chi connectivity index (χ2v) is 13.5. The average Bonchev–Trinajstić information content (AvgIpc) is 3.47. The van der Waals surface area contributed by atoms with E-state index in [1.807, 2.05) is 6.07 Å². The summed E-state index contributed by atoms with van der Waals surface area (Å²) in [6, 6.07) is 53.5. The summed E-state index contributed by atoms with van der Waals surface area (Å²) < 4.78 is 23.6. The molecular formula is C45H26FNOS. The van der Waals surface area contributed by atoms with Gasteiger partial charge in [0, 0.05) is 42.1 Å². The average molecular weight is 648 g/mol. The zero-order valence-electron chi connectivity index (χ0n) is 26.2. The number of thiophene rings is 1. The predicted octanol–water partition coefficient (Wildman–Crippen LogP) is 13.3. The molecule has 0 atom stereocenters. The number of benzene rings is 7. The first-order valence-electron chi connectivity index (χ1n) is 16.3. The summed E-state index contributed by atoms with van der Waals surface area (Å²) in [5, 5.41) is 6.77. The number of pyridine rings is 1. The van der Waals surface area contributed by atoms with Gasteiger partial charge >= 0.3 is 0 Å². The molecule has 10 aromatic rings. The molecule has 3 aromatic heterocycles. The van der Waals surface area contributed by atoms with Gasteiger partial charge in [0.05, 0.1) is 11.4 Å². The highest BCUT2D eigenvalue weighted by molar-refractivity contribution is 7.26. The lowest BCUT2D eigenvalue weighted by molar-refractivity contribution is 0.628. The van der Waals surface area contributed by atoms with E-state index in [1.165, 1.54) is 37.9 Å². The Labute approximate surface area is 285 Å². The maximum Gasteiger partial charge on any atom is 0.146 e. The highest BCUT2D eigenvalue weighted by Crippen LogP contribution is 2.46. The number of fused-ring (bicyclic) bond motifs is 4. The fourth-order valence-corrected chi connectivity index (χ4v) is 8.30. The fraction of sp³-hybridized carbons (Fsp3) is 0. The maximum atomic E-state index is 14.1. The molecule has 0 spiro atoms. The third kappa shape index (κ3) is 4.56. The molecule has 0 aliphatic heterocycles. The lowest BCUT2D eigenvalue weighted by atomic mass is 9.97. The van der Waals surface area contributed by atoms with Gasteiger partial charge in [-0.3, -0.25) is 0 Å². The van der Waals surface area contributed by atoms with Crippen LogP contribution in [0.5, 0.6) is 0 Å². The summed E-state index contributed by atoms with van der Waals surface area (Å²) in [5.74, 6) is -0.276. The molecule has 0 saturated carbocycles. The smallest absolute Gasteiger partial charge is 0.146 e. The number of nitrogens with zero attached hydrogens (tertiary/aromatic N) is 1. The largest absolute Gasteiger partial charge is 0.455 e. The van der Waals surface area contributed by atoms with Gasteiger partial charge in [-0.1, -0.05) is 97.1 Å². The lowest BCUT2D eigenvalue weighted by Crippen LogP contribution is -1.92. The summed E-state index contributed by atoms with van der Waals surface area (Å²) in [5.41, 5.74) is 9.39. The highest BCUT2D eigenvalue weighted by Gasteiger charge is 2.20. The van der Waals surface area contributed by atoms with Crippen LogP contribution in [0, 0.1) is 5.82 Å². The van der Waals surface area contributed by atoms with Gasteiger partial charge in [-0.05, 0) is 93.7 Å². The van der Waals surface area contributed by atoms with E-state index in [0.29, 0.717) is 0 Å². The van der Waals surface area contributed by atoms with Gasteiger partial charge in [0.25, 0.3) is 0 Å². The van der Waals surface area contributed by atoms with Crippen molar-refractivity contribution in [2.45, 2.75) is 0 Å². The molecule has 0 bridgehead atoms. The Morgan fingerprint density at radius 2 is 1.12 bits per heavy atom. The van der Waals surface area contributed by atoms with Crippen LogP contribution < -0.4 is 0 Å². The first kappa shape index (κ1) is 28.0. The zero-order chi connectivity index (χ0) is 32.5. The molecule has 2 nitrogen and oxygen atoms in total. The molecule has 0 aliphatic carbocycles. The molecule has 10 rings (SSSR count). The van der Waals surface area contributed by atoms with Crippen molar-refractivity contribution in [3.8, 4) is 44.8 Å². The van der Waals surface area contributed by atoms with Gasteiger partial charge in [0.15, 0.2) is 0 Å². The number of hydrogen-bond donors (Lipinski definition) is 0. The summed E-state index contributed by atoms with van der Waals surface area (Å²) >= 11 is 1.79. The first-order valence-corrected chi connectivity index (χ1v) is 17.1. The number of aromatic nitrogens is 1. The third-order valence-electron chi connectivity index (χ3n) is 9.56. The molecule has 0 saturated heterocycles. The van der Waals surface area contributed by atoms with E-state index in [0.717, 1.165) is 71.9 Å². The molecule has 0 N–H and O–H groups in total. The zero-order valence-corrected chi connectivity index (χ0v) is 27.0. The normalized spacial score (nSPS) is 11.8. The molecule has 230 valence electrons. The molecule has 0 unspecified atom stereocenters. The minimum absolute atomic E-state index is 0.276. The topological polar surface area (TPSA) is 26.0 Å². The lowest BCUT2D eigenvalue weighted by Gasteiger charge is -2.12. The quantitative estimate of drug-likeness (QED) is 0.190. The summed E-state index contributed by atoms with van der Waals surface area (Å²) in [6.07, 6.45) is 0. The Morgan fingerprint density at radius 1 is 0.449 bits per heavy atom. The van der Waals surface area contributed by atoms with Crippen LogP contribution in [-0.4, -0.2) is 4.98 Å². The SMILES string of the molecule is Fc1ccc(-c2cc(-c3ccc(-c4ccccc4)cc3)cc(-c3ccc4sc5cccc6c7ccc8ccccc8c7oc3c4c56)n2)cc1. The van der Waals surface area contributed by atoms with Crippen LogP contribution >= 0.6 is 11.3 Å². The third-order valence-corrected chi connectivity index (χ3v) is 10.7. The summed E-state index contributed by atoms with van der Waals surface area (Å²) in [4.78, 5) is 5.24. The van der Waals surface area contributed by atoms with Gasteiger partial charge in [0.2, 0.25) is 0 Å². The van der Waals surface area contributed by atoms with Gasteiger partial charge < -0.3 is 4.42 Å². The number of hydrogen-bond acceptors (Lipinski definition) is 3. The van der Waals surface area contributed by atoms with Crippen molar-refractivity contribution in [1.29, 1.82) is 0 Å². The van der Waals surface area contributed by atoms with Crippen molar-refractivity contribution >= 4 is 64.2 Å². The fourth-order valence-electron chi connectivity index (χ4n) is 7.17. The van der Waals surface area contributed by atoms with E-state index < -0.39 is 0 Å². The Kier molecular flexibility index (Phi) is 6.27. The molecule has 0 aliphatic rings. The standard InChI is InChI=1S/C45H26FNOS/c46-33-20-17-31(18-21-33)38-25-32(29-15-13-28(14-16-29)27-7-2-1-3-8-27)26-39(47-38)37-23-24-41-43-42-35(11-6-12-40(42)49-41)36-22-19-30-9-4-5-10-34(30)44(36)48-45(37)43/h1-26H. The molecule has 0 amide bonds. The second kappa shape index (κ2) is 11.0. The highest BCUT2D eigenvalue weighted by atomic mass is 32.1. The molecule has 49 heavy (non-hydrogen) atoms. The van der Waals surface area contributed by atoms with Crippen LogP contribution in [0.3, 0.4) is 0 Å². The van der Waals surface area contributed by atoms with Crippen LogP contribution in [0.4, 0.5) is 4.39 Å². The minimum atomic E-state index is -0.276. The van der Waals surface area contributed by atoms with Gasteiger partial charge in [-0.2, -0.15) is 0 Å². The minimum Gasteiger partial charge on any atom is -0.455 e. The molecule has 4 heteroatoms. The predicted molar refractivity (Wildman–Crippen MR) is 204 cm³/mol. The Balaban J connectivity index is 1.27. The van der Waals surface area contributed by atoms with Crippen molar-refractivity contribution in [3.63, 3.8) is 0 Å². The van der Waals surface area contributed by atoms with Crippen LogP contribution in [0.1, 0.15) is 0 Å². The van der Waals surface area contributed by atoms with Gasteiger partial charge in [-0.25, -0.2) is 9.37 Å². The van der Waals surface area contributed by atoms with Crippen molar-refractivity contribution in [1.82, 2.24) is 4.98 Å². The van der Waals surface area contributed by atoms with Crippen molar-refractivity contribution in [2.24, 2.45) is 0 Å². The summed E-state index contributed by atoms with van der Waals surface area (Å²) in [6.45, 7) is 0. The van der Waals surface area contributed by atoms with E-state index in [-0.39, 0.29) is 5.82 Å². The first-order chi connectivity index (χ1) is 24.2. The van der Waals surface area contributed by atoms with E-state index in [4.69, 9.17) is 9.40 Å². The van der Waals surface area contributed by atoms with Crippen molar-refractivity contribution < 1.29 is 8.81 Å². The van der Waals surface area contributed by atoms with Crippen LogP contribution in [0.2, 0.25) is 0 Å². The van der Waals surface area contributed by atoms with E-state index in [9.17, 15) is 4.39 Å². The molecule has 3 heterocycles. The van der Waals surface area contributed by atoms with Crippen LogP contribution in [0.15, 0.2) is 162 Å². The van der Waals surface area contributed by atoms with Crippen LogP contribution in [0.25, 0.3) is 97.7 Å². The van der Waals surface area contributed by atoms with Crippen LogP contribution in [-0.2, 0) is 0 Å². The Hall–Kier alpha value is -6.10. The maximum absolute atomic E-state index is 14.1.